The van der Waals surface area contributed by atoms with Crippen LogP contribution in [0.1, 0.15) is 0 Å². The quantitative estimate of drug-likeness (QED) is 0.525. The summed E-state index contributed by atoms with van der Waals surface area (Å²) in [5.74, 6) is -0.162. The summed E-state index contributed by atoms with van der Waals surface area (Å²) in [6.45, 7) is 0.848. The van der Waals surface area contributed by atoms with E-state index in [1.54, 1.807) is 57.8 Å². The molecule has 1 aromatic carbocycles. The topological polar surface area (TPSA) is 81.2 Å². The molecule has 4 aromatic rings. The molecule has 0 unspecified atom stereocenters. The summed E-state index contributed by atoms with van der Waals surface area (Å²) in [5, 5.41) is 15.8. The highest BCUT2D eigenvalue weighted by atomic mass is 35.5. The highest BCUT2D eigenvalue weighted by Crippen LogP contribution is 2.29. The van der Waals surface area contributed by atoms with Crippen LogP contribution in [0.2, 0.25) is 10.0 Å². The van der Waals surface area contributed by atoms with E-state index in [1.165, 1.54) is 10.8 Å². The van der Waals surface area contributed by atoms with Crippen molar-refractivity contribution in [2.75, 3.05) is 0 Å². The van der Waals surface area contributed by atoms with Gasteiger partial charge < -0.3 is 5.11 Å². The van der Waals surface area contributed by atoms with Crippen LogP contribution in [0.3, 0.4) is 0 Å². The van der Waals surface area contributed by atoms with Gasteiger partial charge in [-0.05, 0) is 18.2 Å². The Morgan fingerprint density at radius 2 is 1.96 bits per heavy atom. The number of hydrogen-bond acceptors (Lipinski definition) is 4. The van der Waals surface area contributed by atoms with Gasteiger partial charge in [-0.3, -0.25) is 0 Å². The van der Waals surface area contributed by atoms with Gasteiger partial charge in [-0.25, -0.2) is 19.1 Å². The van der Waals surface area contributed by atoms with E-state index in [0.29, 0.717) is 34.3 Å². The van der Waals surface area contributed by atoms with Gasteiger partial charge in [0, 0.05) is 22.7 Å². The van der Waals surface area contributed by atoms with Crippen LogP contribution < -0.4 is 10.1 Å². The molecule has 0 aliphatic rings. The molecular weight excluding hydrogens is 391 g/mol. The first-order chi connectivity index (χ1) is 13.0. The lowest BCUT2D eigenvalue weighted by molar-refractivity contribution is -0.681. The Labute approximate surface area is 163 Å². The maximum atomic E-state index is 13.1. The second kappa shape index (κ2) is 6.71. The molecule has 4 rings (SSSR count). The van der Waals surface area contributed by atoms with E-state index in [1.807, 2.05) is 0 Å². The Balaban J connectivity index is 1.95. The van der Waals surface area contributed by atoms with Crippen LogP contribution in [0.15, 0.2) is 47.9 Å². The molecule has 0 bridgehead atoms. The summed E-state index contributed by atoms with van der Waals surface area (Å²) < 4.78 is 6.42. The number of halogens is 2. The van der Waals surface area contributed by atoms with Crippen LogP contribution in [0.25, 0.3) is 16.8 Å². The molecule has 27 heavy (non-hydrogen) atoms. The summed E-state index contributed by atoms with van der Waals surface area (Å²) in [5.41, 5.74) is 0.750. The lowest BCUT2D eigenvalue weighted by Gasteiger charge is -2.09. The first-order valence-electron chi connectivity index (χ1n) is 8.07. The van der Waals surface area contributed by atoms with Gasteiger partial charge in [0.2, 0.25) is 0 Å². The van der Waals surface area contributed by atoms with Crippen molar-refractivity contribution in [3.05, 3.63) is 63.5 Å². The Morgan fingerprint density at radius 1 is 1.22 bits per heavy atom. The Hall–Kier alpha value is -2.84. The Kier molecular flexibility index (Phi) is 4.37. The normalized spacial score (nSPS) is 11.4. The van der Waals surface area contributed by atoms with Gasteiger partial charge >= 0.3 is 11.2 Å². The van der Waals surface area contributed by atoms with Crippen LogP contribution in [0, 0.1) is 0 Å². The smallest absolute Gasteiger partial charge is 0.373 e. The zero-order valence-corrected chi connectivity index (χ0v) is 15.8. The third-order valence-corrected chi connectivity index (χ3v) is 4.74. The van der Waals surface area contributed by atoms with E-state index >= 15 is 0 Å². The molecule has 1 N–H and O–H groups in total. The van der Waals surface area contributed by atoms with E-state index in [0.717, 1.165) is 0 Å². The van der Waals surface area contributed by atoms with E-state index in [9.17, 15) is 9.90 Å². The SMILES string of the molecule is Cn1ccc2n1c(=O)c(-c1cc(Cl)cc(Cl)c1)c(O)[n+]2CCn1cncn1. The number of hydrogen-bond donors (Lipinski definition) is 1. The van der Waals surface area contributed by atoms with Gasteiger partial charge in [0.1, 0.15) is 19.2 Å². The lowest BCUT2D eigenvalue weighted by Crippen LogP contribution is -2.42. The van der Waals surface area contributed by atoms with Gasteiger partial charge in [-0.1, -0.05) is 27.7 Å². The number of rotatable bonds is 4. The van der Waals surface area contributed by atoms with E-state index in [-0.39, 0.29) is 17.0 Å². The predicted octanol–water partition coefficient (Wildman–Crippen LogP) is 1.90. The molecule has 10 heteroatoms. The first kappa shape index (κ1) is 17.6. The van der Waals surface area contributed by atoms with Crippen molar-refractivity contribution in [1.29, 1.82) is 0 Å². The van der Waals surface area contributed by atoms with Gasteiger partial charge in [-0.2, -0.15) is 9.67 Å². The van der Waals surface area contributed by atoms with Crippen LogP contribution >= 0.6 is 23.2 Å². The summed E-state index contributed by atoms with van der Waals surface area (Å²) in [4.78, 5) is 17.0. The number of fused-ring (bicyclic) bond motifs is 1. The van der Waals surface area contributed by atoms with Gasteiger partial charge in [0.25, 0.3) is 5.88 Å². The summed E-state index contributed by atoms with van der Waals surface area (Å²) in [6, 6.07) is 6.53. The molecule has 0 saturated carbocycles. The van der Waals surface area contributed by atoms with E-state index in [4.69, 9.17) is 23.2 Å². The second-order valence-corrected chi connectivity index (χ2v) is 6.90. The third kappa shape index (κ3) is 3.07. The summed E-state index contributed by atoms with van der Waals surface area (Å²) in [6.07, 6.45) is 4.78. The fourth-order valence-corrected chi connectivity index (χ4v) is 3.62. The number of aromatic nitrogens is 6. The van der Waals surface area contributed by atoms with Crippen LogP contribution in [-0.4, -0.2) is 29.1 Å². The van der Waals surface area contributed by atoms with Crippen molar-refractivity contribution in [2.24, 2.45) is 7.05 Å². The second-order valence-electron chi connectivity index (χ2n) is 6.03. The van der Waals surface area contributed by atoms with Crippen molar-refractivity contribution in [1.82, 2.24) is 24.0 Å². The molecule has 0 atom stereocenters. The number of nitrogens with zero attached hydrogens (tertiary/aromatic N) is 6. The molecule has 0 fully saturated rings. The molecule has 8 nitrogen and oxygen atoms in total. The Morgan fingerprint density at radius 3 is 2.63 bits per heavy atom. The summed E-state index contributed by atoms with van der Waals surface area (Å²) in [7, 11) is 1.75. The van der Waals surface area contributed by atoms with Gasteiger partial charge in [0.15, 0.2) is 5.56 Å². The molecular formula is C17H15Cl2N6O2+. The highest BCUT2D eigenvalue weighted by molar-refractivity contribution is 6.35. The minimum Gasteiger partial charge on any atom is -0.477 e. The van der Waals surface area contributed by atoms with Gasteiger partial charge in [-0.15, -0.1) is 0 Å². The van der Waals surface area contributed by atoms with Crippen molar-refractivity contribution in [3.8, 4) is 17.0 Å². The average molecular weight is 406 g/mol. The molecule has 138 valence electrons. The number of benzene rings is 1. The minimum absolute atomic E-state index is 0.122. The molecule has 3 aromatic heterocycles. The van der Waals surface area contributed by atoms with Crippen molar-refractivity contribution < 1.29 is 9.67 Å². The maximum absolute atomic E-state index is 13.1. The van der Waals surface area contributed by atoms with Gasteiger partial charge in [0.05, 0.1) is 18.8 Å². The fraction of sp³-hybridized carbons (Fsp3) is 0.176. The van der Waals surface area contributed by atoms with Crippen LogP contribution in [0.5, 0.6) is 5.88 Å². The molecule has 0 saturated heterocycles. The molecule has 0 spiro atoms. The first-order valence-corrected chi connectivity index (χ1v) is 8.83. The summed E-state index contributed by atoms with van der Waals surface area (Å²) >= 11 is 12.2. The highest BCUT2D eigenvalue weighted by Gasteiger charge is 2.27. The number of aryl methyl sites for hydroxylation is 3. The van der Waals surface area contributed by atoms with E-state index < -0.39 is 0 Å². The zero-order chi connectivity index (χ0) is 19.1. The maximum Gasteiger partial charge on any atom is 0.373 e. The van der Waals surface area contributed by atoms with E-state index in [2.05, 4.69) is 10.1 Å². The van der Waals surface area contributed by atoms with Crippen molar-refractivity contribution >= 4 is 28.8 Å². The molecule has 0 amide bonds. The molecule has 3 heterocycles. The molecule has 0 aliphatic carbocycles. The Bertz CT molecular complexity index is 1180. The predicted molar refractivity (Wildman–Crippen MR) is 100.0 cm³/mol. The van der Waals surface area contributed by atoms with Crippen LogP contribution in [-0.2, 0) is 20.1 Å². The molecule has 0 radical (unpaired) electrons. The third-order valence-electron chi connectivity index (χ3n) is 4.30. The zero-order valence-electron chi connectivity index (χ0n) is 14.3. The largest absolute Gasteiger partial charge is 0.477 e. The minimum atomic E-state index is -0.370. The molecule has 0 aliphatic heterocycles. The number of aromatic hydroxyl groups is 1. The average Bonchev–Trinajstić information content (AvgIpc) is 3.24. The van der Waals surface area contributed by atoms with Crippen molar-refractivity contribution in [2.45, 2.75) is 13.1 Å². The van der Waals surface area contributed by atoms with Crippen molar-refractivity contribution in [3.63, 3.8) is 0 Å². The monoisotopic (exact) mass is 405 g/mol. The van der Waals surface area contributed by atoms with Crippen LogP contribution in [0.4, 0.5) is 0 Å². The fourth-order valence-electron chi connectivity index (χ4n) is 3.09. The lowest BCUT2D eigenvalue weighted by atomic mass is 10.1. The standard InChI is InChI=1S/C17H14Cl2N6O2/c1-22-3-2-14-24(5-4-23-10-20-9-21-23)16(26)15(17(27)25(14)22)11-6-12(18)8-13(19)7-11/h2-3,6-10H,4-5H2,1H3/p+1.